The predicted molar refractivity (Wildman–Crippen MR) is 99.5 cm³/mol. The van der Waals surface area contributed by atoms with Crippen molar-refractivity contribution in [3.8, 4) is 5.82 Å². The number of hydrogen-bond acceptors (Lipinski definition) is 4. The van der Waals surface area contributed by atoms with Crippen LogP contribution in [0.25, 0.3) is 5.82 Å². The minimum absolute atomic E-state index is 0.0320. The van der Waals surface area contributed by atoms with E-state index in [9.17, 15) is 9.59 Å². The molecule has 132 valence electrons. The van der Waals surface area contributed by atoms with E-state index in [4.69, 9.17) is 0 Å². The molecule has 0 radical (unpaired) electrons. The van der Waals surface area contributed by atoms with Gasteiger partial charge >= 0.3 is 0 Å². The summed E-state index contributed by atoms with van der Waals surface area (Å²) in [6.07, 6.45) is 5.34. The summed E-state index contributed by atoms with van der Waals surface area (Å²) in [5, 5.41) is 6.85. The highest BCUT2D eigenvalue weighted by molar-refractivity contribution is 6.00. The quantitative estimate of drug-likeness (QED) is 0.692. The lowest BCUT2D eigenvalue weighted by Crippen LogP contribution is -2.14. The van der Waals surface area contributed by atoms with Gasteiger partial charge in [0.05, 0.1) is 11.9 Å². The maximum atomic E-state index is 12.2. The molecule has 1 N–H and O–H groups in total. The Bertz CT molecular complexity index is 915. The lowest BCUT2D eigenvalue weighted by atomic mass is 10.0. The number of anilines is 1. The fourth-order valence-electron chi connectivity index (χ4n) is 2.51. The van der Waals surface area contributed by atoms with Gasteiger partial charge in [-0.05, 0) is 49.2 Å². The van der Waals surface area contributed by atoms with Gasteiger partial charge in [0.2, 0.25) is 5.91 Å². The van der Waals surface area contributed by atoms with Crippen LogP contribution in [0, 0.1) is 13.8 Å². The number of Topliss-reactive ketones (excluding diaryl/α,β-unsaturated/α-hetero) is 1. The van der Waals surface area contributed by atoms with Crippen LogP contribution in [0.15, 0.2) is 55.0 Å². The molecule has 0 bridgehead atoms. The Morgan fingerprint density at radius 3 is 2.58 bits per heavy atom. The molecule has 0 saturated heterocycles. The van der Waals surface area contributed by atoms with Gasteiger partial charge in [-0.2, -0.15) is 5.10 Å². The van der Waals surface area contributed by atoms with Crippen LogP contribution < -0.4 is 5.32 Å². The van der Waals surface area contributed by atoms with Crippen molar-refractivity contribution in [3.63, 3.8) is 0 Å². The molecule has 26 heavy (non-hydrogen) atoms. The lowest BCUT2D eigenvalue weighted by molar-refractivity contribution is -0.116. The second kappa shape index (κ2) is 7.74. The zero-order chi connectivity index (χ0) is 18.5. The van der Waals surface area contributed by atoms with Crippen molar-refractivity contribution >= 4 is 17.4 Å². The van der Waals surface area contributed by atoms with Crippen LogP contribution in [0.5, 0.6) is 0 Å². The Hall–Kier alpha value is -3.28. The Morgan fingerprint density at radius 2 is 1.92 bits per heavy atom. The summed E-state index contributed by atoms with van der Waals surface area (Å²) in [4.78, 5) is 28.6. The minimum Gasteiger partial charge on any atom is -0.325 e. The van der Waals surface area contributed by atoms with E-state index in [-0.39, 0.29) is 24.5 Å². The number of rotatable bonds is 6. The number of amides is 1. The number of aryl methyl sites for hydroxylation is 2. The molecule has 1 aromatic carbocycles. The maximum Gasteiger partial charge on any atom is 0.224 e. The molecule has 0 aliphatic carbocycles. The van der Waals surface area contributed by atoms with E-state index >= 15 is 0 Å². The molecule has 1 amide bonds. The van der Waals surface area contributed by atoms with E-state index in [0.717, 1.165) is 11.1 Å². The van der Waals surface area contributed by atoms with Gasteiger partial charge in [-0.15, -0.1) is 0 Å². The van der Waals surface area contributed by atoms with Gasteiger partial charge in [0.15, 0.2) is 11.6 Å². The van der Waals surface area contributed by atoms with Crippen LogP contribution in [-0.2, 0) is 4.79 Å². The molecule has 3 aromatic rings. The Labute approximate surface area is 151 Å². The zero-order valence-electron chi connectivity index (χ0n) is 14.8. The van der Waals surface area contributed by atoms with Crippen molar-refractivity contribution < 1.29 is 9.59 Å². The van der Waals surface area contributed by atoms with Gasteiger partial charge in [0, 0.05) is 30.8 Å². The summed E-state index contributed by atoms with van der Waals surface area (Å²) >= 11 is 0. The molecule has 0 unspecified atom stereocenters. The first kappa shape index (κ1) is 17.5. The van der Waals surface area contributed by atoms with Crippen molar-refractivity contribution in [1.82, 2.24) is 14.8 Å². The molecule has 0 spiro atoms. The second-order valence-corrected chi connectivity index (χ2v) is 6.13. The standard InChI is InChI=1S/C20H20N4O2/c1-14-4-5-16(12-15(14)2)18(25)7-9-20(26)23-17-6-8-19(21-13-17)24-11-3-10-22-24/h3-6,8,10-13H,7,9H2,1-2H3,(H,23,26). The first-order chi connectivity index (χ1) is 12.5. The van der Waals surface area contributed by atoms with Crippen LogP contribution in [0.1, 0.15) is 34.3 Å². The van der Waals surface area contributed by atoms with Gasteiger partial charge in [-0.25, -0.2) is 9.67 Å². The maximum absolute atomic E-state index is 12.2. The first-order valence-electron chi connectivity index (χ1n) is 8.39. The van der Waals surface area contributed by atoms with E-state index < -0.39 is 0 Å². The van der Waals surface area contributed by atoms with Crippen molar-refractivity contribution in [2.75, 3.05) is 5.32 Å². The SMILES string of the molecule is Cc1ccc(C(=O)CCC(=O)Nc2ccc(-n3cccn3)nc2)cc1C. The van der Waals surface area contributed by atoms with Crippen LogP contribution in [0.3, 0.4) is 0 Å². The fourth-order valence-corrected chi connectivity index (χ4v) is 2.51. The number of benzene rings is 1. The summed E-state index contributed by atoms with van der Waals surface area (Å²) in [6, 6.07) is 10.9. The molecule has 0 aliphatic heterocycles. The Kier molecular flexibility index (Phi) is 5.22. The van der Waals surface area contributed by atoms with E-state index in [0.29, 0.717) is 17.1 Å². The molecule has 6 heteroatoms. The first-order valence-corrected chi connectivity index (χ1v) is 8.39. The van der Waals surface area contributed by atoms with E-state index in [1.165, 1.54) is 0 Å². The van der Waals surface area contributed by atoms with E-state index in [1.54, 1.807) is 41.5 Å². The Morgan fingerprint density at radius 1 is 1.08 bits per heavy atom. The van der Waals surface area contributed by atoms with E-state index in [2.05, 4.69) is 15.4 Å². The van der Waals surface area contributed by atoms with Crippen molar-refractivity contribution in [1.29, 1.82) is 0 Å². The molecule has 0 aliphatic rings. The highest BCUT2D eigenvalue weighted by atomic mass is 16.2. The number of nitrogens with zero attached hydrogens (tertiary/aromatic N) is 3. The zero-order valence-corrected chi connectivity index (χ0v) is 14.8. The summed E-state index contributed by atoms with van der Waals surface area (Å²) in [6.45, 7) is 3.97. The molecule has 0 fully saturated rings. The van der Waals surface area contributed by atoms with Crippen molar-refractivity contribution in [3.05, 3.63) is 71.7 Å². The summed E-state index contributed by atoms with van der Waals surface area (Å²) in [7, 11) is 0. The smallest absolute Gasteiger partial charge is 0.224 e. The predicted octanol–water partition coefficient (Wildman–Crippen LogP) is 3.49. The number of pyridine rings is 1. The number of hydrogen-bond donors (Lipinski definition) is 1. The molecular weight excluding hydrogens is 328 g/mol. The normalized spacial score (nSPS) is 10.5. The molecule has 6 nitrogen and oxygen atoms in total. The summed E-state index contributed by atoms with van der Waals surface area (Å²) < 4.78 is 1.63. The monoisotopic (exact) mass is 348 g/mol. The molecule has 3 rings (SSSR count). The van der Waals surface area contributed by atoms with Crippen LogP contribution in [0.4, 0.5) is 5.69 Å². The summed E-state index contributed by atoms with van der Waals surface area (Å²) in [5.74, 6) is 0.421. The van der Waals surface area contributed by atoms with Gasteiger partial charge in [0.25, 0.3) is 0 Å². The van der Waals surface area contributed by atoms with Gasteiger partial charge in [-0.1, -0.05) is 12.1 Å². The number of carbonyl (C=O) groups excluding carboxylic acids is 2. The third-order valence-corrected chi connectivity index (χ3v) is 4.18. The number of ketones is 1. The third-order valence-electron chi connectivity index (χ3n) is 4.18. The highest BCUT2D eigenvalue weighted by Crippen LogP contribution is 2.14. The topological polar surface area (TPSA) is 76.9 Å². The number of nitrogens with one attached hydrogen (secondary N) is 1. The average molecular weight is 348 g/mol. The minimum atomic E-state index is -0.212. The molecule has 2 aromatic heterocycles. The van der Waals surface area contributed by atoms with Crippen molar-refractivity contribution in [2.45, 2.75) is 26.7 Å². The molecular formula is C20H20N4O2. The lowest BCUT2D eigenvalue weighted by Gasteiger charge is -2.07. The fraction of sp³-hybridized carbons (Fsp3) is 0.200. The number of carbonyl (C=O) groups is 2. The number of aromatic nitrogens is 3. The van der Waals surface area contributed by atoms with Crippen LogP contribution in [-0.4, -0.2) is 26.5 Å². The van der Waals surface area contributed by atoms with Crippen LogP contribution in [0.2, 0.25) is 0 Å². The largest absolute Gasteiger partial charge is 0.325 e. The van der Waals surface area contributed by atoms with Crippen LogP contribution >= 0.6 is 0 Å². The highest BCUT2D eigenvalue weighted by Gasteiger charge is 2.11. The van der Waals surface area contributed by atoms with Gasteiger partial charge < -0.3 is 5.32 Å². The van der Waals surface area contributed by atoms with Crippen molar-refractivity contribution in [2.24, 2.45) is 0 Å². The molecule has 0 saturated carbocycles. The molecule has 2 heterocycles. The second-order valence-electron chi connectivity index (χ2n) is 6.13. The van der Waals surface area contributed by atoms with Gasteiger partial charge in [-0.3, -0.25) is 9.59 Å². The third kappa shape index (κ3) is 4.22. The van der Waals surface area contributed by atoms with E-state index in [1.807, 2.05) is 32.0 Å². The summed E-state index contributed by atoms with van der Waals surface area (Å²) in [5.41, 5.74) is 3.45. The van der Waals surface area contributed by atoms with Gasteiger partial charge in [0.1, 0.15) is 0 Å². The molecule has 0 atom stereocenters. The average Bonchev–Trinajstić information content (AvgIpc) is 3.17. The Balaban J connectivity index is 1.53.